The fraction of sp³-hybridized carbons (Fsp3) is 0.538. The standard InChI is InChI=1S/C13H19N5O2/c1-17(2)13(20)16-10-3-7-18(8-4-10)12(19)11-9-14-5-6-15-11/h5-6,9-10H,3-4,7-8H2,1-2H3,(H,16,20). The van der Waals surface area contributed by atoms with E-state index in [-0.39, 0.29) is 18.0 Å². The number of piperidine rings is 1. The van der Waals surface area contributed by atoms with Crippen LogP contribution < -0.4 is 5.32 Å². The first-order chi connectivity index (χ1) is 9.58. The van der Waals surface area contributed by atoms with Crippen LogP contribution in [0.3, 0.4) is 0 Å². The molecule has 1 aliphatic heterocycles. The fourth-order valence-corrected chi connectivity index (χ4v) is 2.10. The summed E-state index contributed by atoms with van der Waals surface area (Å²) >= 11 is 0. The van der Waals surface area contributed by atoms with Crippen LogP contribution in [0.4, 0.5) is 4.79 Å². The number of carbonyl (C=O) groups excluding carboxylic acids is 2. The second-order valence-corrected chi connectivity index (χ2v) is 5.00. The van der Waals surface area contributed by atoms with Crippen LogP contribution in [0.25, 0.3) is 0 Å². The van der Waals surface area contributed by atoms with E-state index in [9.17, 15) is 9.59 Å². The van der Waals surface area contributed by atoms with Crippen LogP contribution in [0, 0.1) is 0 Å². The minimum Gasteiger partial charge on any atom is -0.337 e. The Labute approximate surface area is 118 Å². The van der Waals surface area contributed by atoms with Crippen molar-refractivity contribution in [3.05, 3.63) is 24.3 Å². The zero-order chi connectivity index (χ0) is 14.5. The number of likely N-dealkylation sites (tertiary alicyclic amines) is 1. The van der Waals surface area contributed by atoms with Crippen molar-refractivity contribution < 1.29 is 9.59 Å². The lowest BCUT2D eigenvalue weighted by molar-refractivity contribution is 0.0700. The summed E-state index contributed by atoms with van der Waals surface area (Å²) in [5.41, 5.74) is 0.364. The molecule has 20 heavy (non-hydrogen) atoms. The lowest BCUT2D eigenvalue weighted by Crippen LogP contribution is -2.48. The van der Waals surface area contributed by atoms with Crippen molar-refractivity contribution in [2.75, 3.05) is 27.2 Å². The highest BCUT2D eigenvalue weighted by atomic mass is 16.2. The van der Waals surface area contributed by atoms with Crippen LogP contribution in [0.5, 0.6) is 0 Å². The number of nitrogens with one attached hydrogen (secondary N) is 1. The van der Waals surface area contributed by atoms with Gasteiger partial charge in [-0.1, -0.05) is 0 Å². The SMILES string of the molecule is CN(C)C(=O)NC1CCN(C(=O)c2cnccn2)CC1. The van der Waals surface area contributed by atoms with E-state index in [4.69, 9.17) is 0 Å². The molecule has 1 aromatic heterocycles. The first-order valence-corrected chi connectivity index (χ1v) is 6.61. The van der Waals surface area contributed by atoms with Gasteiger partial charge in [-0.3, -0.25) is 9.78 Å². The van der Waals surface area contributed by atoms with Crippen LogP contribution >= 0.6 is 0 Å². The van der Waals surface area contributed by atoms with E-state index in [1.807, 2.05) is 0 Å². The van der Waals surface area contributed by atoms with Gasteiger partial charge in [0.15, 0.2) is 0 Å². The van der Waals surface area contributed by atoms with Crippen LogP contribution in [0.15, 0.2) is 18.6 Å². The highest BCUT2D eigenvalue weighted by Gasteiger charge is 2.25. The Bertz CT molecular complexity index is 469. The summed E-state index contributed by atoms with van der Waals surface area (Å²) in [5.74, 6) is -0.101. The first kappa shape index (κ1) is 14.2. The number of urea groups is 1. The molecular weight excluding hydrogens is 258 g/mol. The Kier molecular flexibility index (Phi) is 4.49. The van der Waals surface area contributed by atoms with Gasteiger partial charge in [-0.05, 0) is 12.8 Å². The average molecular weight is 277 g/mol. The Morgan fingerprint density at radius 3 is 2.55 bits per heavy atom. The first-order valence-electron chi connectivity index (χ1n) is 6.61. The van der Waals surface area contributed by atoms with Gasteiger partial charge in [0.2, 0.25) is 0 Å². The monoisotopic (exact) mass is 277 g/mol. The molecule has 0 aromatic carbocycles. The largest absolute Gasteiger partial charge is 0.337 e. The molecule has 1 fully saturated rings. The summed E-state index contributed by atoms with van der Waals surface area (Å²) < 4.78 is 0. The van der Waals surface area contributed by atoms with E-state index in [1.165, 1.54) is 17.3 Å². The van der Waals surface area contributed by atoms with Crippen LogP contribution in [-0.4, -0.2) is 64.9 Å². The molecule has 0 spiro atoms. The molecule has 2 rings (SSSR count). The van der Waals surface area contributed by atoms with Crippen molar-refractivity contribution >= 4 is 11.9 Å². The molecule has 7 heteroatoms. The normalized spacial score (nSPS) is 15.8. The number of hydrogen-bond acceptors (Lipinski definition) is 4. The quantitative estimate of drug-likeness (QED) is 0.846. The highest BCUT2D eigenvalue weighted by Crippen LogP contribution is 2.13. The predicted octanol–water partition coefficient (Wildman–Crippen LogP) is 0.352. The maximum atomic E-state index is 12.2. The third-order valence-corrected chi connectivity index (χ3v) is 3.30. The Balaban J connectivity index is 1.85. The summed E-state index contributed by atoms with van der Waals surface area (Å²) in [4.78, 5) is 34.9. The summed E-state index contributed by atoms with van der Waals surface area (Å²) in [5, 5.41) is 2.94. The average Bonchev–Trinajstić information content (AvgIpc) is 2.48. The van der Waals surface area contributed by atoms with Crippen LogP contribution in [-0.2, 0) is 0 Å². The molecular formula is C13H19N5O2. The van der Waals surface area contributed by atoms with Gasteiger partial charge in [0.05, 0.1) is 6.20 Å². The van der Waals surface area contributed by atoms with Crippen molar-refractivity contribution in [2.45, 2.75) is 18.9 Å². The zero-order valence-electron chi connectivity index (χ0n) is 11.7. The summed E-state index contributed by atoms with van der Waals surface area (Å²) in [6.45, 7) is 1.24. The van der Waals surface area contributed by atoms with Gasteiger partial charge in [-0.2, -0.15) is 0 Å². The molecule has 0 radical (unpaired) electrons. The third kappa shape index (κ3) is 3.43. The van der Waals surface area contributed by atoms with Crippen molar-refractivity contribution in [1.29, 1.82) is 0 Å². The molecule has 0 unspecified atom stereocenters. The van der Waals surface area contributed by atoms with Gasteiger partial charge >= 0.3 is 6.03 Å². The van der Waals surface area contributed by atoms with Gasteiger partial charge in [-0.15, -0.1) is 0 Å². The van der Waals surface area contributed by atoms with Gasteiger partial charge in [0.1, 0.15) is 5.69 Å². The second kappa shape index (κ2) is 6.31. The molecule has 0 atom stereocenters. The molecule has 2 heterocycles. The maximum absolute atomic E-state index is 12.2. The Morgan fingerprint density at radius 2 is 2.00 bits per heavy atom. The molecule has 1 saturated heterocycles. The van der Waals surface area contributed by atoms with Crippen LogP contribution in [0.1, 0.15) is 23.3 Å². The Hall–Kier alpha value is -2.18. The number of rotatable bonds is 2. The number of amides is 3. The van der Waals surface area contributed by atoms with Crippen LogP contribution in [0.2, 0.25) is 0 Å². The Morgan fingerprint density at radius 1 is 1.30 bits per heavy atom. The molecule has 3 amide bonds. The molecule has 0 saturated carbocycles. The molecule has 0 aliphatic carbocycles. The van der Waals surface area contributed by atoms with Gasteiger partial charge in [0, 0.05) is 45.6 Å². The van der Waals surface area contributed by atoms with Crippen molar-refractivity contribution in [1.82, 2.24) is 25.1 Å². The van der Waals surface area contributed by atoms with E-state index in [1.54, 1.807) is 25.2 Å². The smallest absolute Gasteiger partial charge is 0.317 e. The van der Waals surface area contributed by atoms with Crippen molar-refractivity contribution in [2.24, 2.45) is 0 Å². The van der Waals surface area contributed by atoms with E-state index < -0.39 is 0 Å². The van der Waals surface area contributed by atoms with E-state index in [0.29, 0.717) is 18.8 Å². The molecule has 1 aliphatic rings. The highest BCUT2D eigenvalue weighted by molar-refractivity contribution is 5.92. The van der Waals surface area contributed by atoms with Gasteiger partial charge < -0.3 is 15.1 Å². The maximum Gasteiger partial charge on any atom is 0.317 e. The van der Waals surface area contributed by atoms with Crippen molar-refractivity contribution in [3.8, 4) is 0 Å². The van der Waals surface area contributed by atoms with E-state index >= 15 is 0 Å². The lowest BCUT2D eigenvalue weighted by Gasteiger charge is -2.32. The van der Waals surface area contributed by atoms with E-state index in [2.05, 4.69) is 15.3 Å². The topological polar surface area (TPSA) is 78.4 Å². The number of nitrogens with zero attached hydrogens (tertiary/aromatic N) is 4. The minimum atomic E-state index is -0.101. The molecule has 0 bridgehead atoms. The second-order valence-electron chi connectivity index (χ2n) is 5.00. The molecule has 1 aromatic rings. The molecule has 7 nitrogen and oxygen atoms in total. The number of hydrogen-bond donors (Lipinski definition) is 1. The lowest BCUT2D eigenvalue weighted by atomic mass is 10.0. The third-order valence-electron chi connectivity index (χ3n) is 3.30. The molecule has 1 N–H and O–H groups in total. The van der Waals surface area contributed by atoms with Gasteiger partial charge in [0.25, 0.3) is 5.91 Å². The minimum absolute atomic E-state index is 0.0938. The van der Waals surface area contributed by atoms with Gasteiger partial charge in [-0.25, -0.2) is 9.78 Å². The fourth-order valence-electron chi connectivity index (χ4n) is 2.10. The predicted molar refractivity (Wildman–Crippen MR) is 73.2 cm³/mol. The van der Waals surface area contributed by atoms with Crippen molar-refractivity contribution in [3.63, 3.8) is 0 Å². The van der Waals surface area contributed by atoms with E-state index in [0.717, 1.165) is 12.8 Å². The summed E-state index contributed by atoms with van der Waals surface area (Å²) in [7, 11) is 3.42. The summed E-state index contributed by atoms with van der Waals surface area (Å²) in [6, 6.07) is 0.0273. The number of aromatic nitrogens is 2. The zero-order valence-corrected chi connectivity index (χ0v) is 11.7. The number of carbonyl (C=O) groups is 2. The summed E-state index contributed by atoms with van der Waals surface area (Å²) in [6.07, 6.45) is 6.04. The molecule has 108 valence electrons.